The molecule has 0 bridgehead atoms. The molecule has 2 aromatic heterocycles. The van der Waals surface area contributed by atoms with Crippen molar-refractivity contribution in [2.24, 2.45) is 0 Å². The third-order valence-electron chi connectivity index (χ3n) is 2.38. The highest BCUT2D eigenvalue weighted by Gasteiger charge is 2.11. The van der Waals surface area contributed by atoms with Crippen LogP contribution in [-0.4, -0.2) is 9.97 Å². The molecule has 2 heterocycles. The summed E-state index contributed by atoms with van der Waals surface area (Å²) in [4.78, 5) is 18.9. The molecule has 0 unspecified atom stereocenters. The number of furan rings is 1. The van der Waals surface area contributed by atoms with Crippen LogP contribution >= 0.6 is 22.6 Å². The molecule has 84 valence electrons. The van der Waals surface area contributed by atoms with Crippen molar-refractivity contribution >= 4 is 22.6 Å². The van der Waals surface area contributed by atoms with Crippen molar-refractivity contribution in [1.29, 1.82) is 0 Å². The predicted octanol–water partition coefficient (Wildman–Crippen LogP) is 2.51. The summed E-state index contributed by atoms with van der Waals surface area (Å²) in [6.45, 7) is 3.83. The molecular weight excluding hydrogens is 319 g/mol. The van der Waals surface area contributed by atoms with Crippen LogP contribution in [0.25, 0.3) is 11.4 Å². The summed E-state index contributed by atoms with van der Waals surface area (Å²) in [5.74, 6) is 1.33. The Morgan fingerprint density at radius 1 is 1.56 bits per heavy atom. The van der Waals surface area contributed by atoms with Crippen LogP contribution in [0.3, 0.4) is 0 Å². The number of H-pyrrole nitrogens is 1. The number of nitrogens with zero attached hydrogens (tertiary/aromatic N) is 1. The van der Waals surface area contributed by atoms with E-state index >= 15 is 0 Å². The fraction of sp³-hybridized carbons (Fsp3) is 0.273. The largest absolute Gasteiger partial charge is 0.469 e. The number of hydrogen-bond acceptors (Lipinski definition) is 3. The summed E-state index contributed by atoms with van der Waals surface area (Å²) in [5, 5.41) is 0. The van der Waals surface area contributed by atoms with Crippen molar-refractivity contribution in [3.8, 4) is 11.4 Å². The number of rotatable bonds is 2. The maximum absolute atomic E-state index is 11.7. The van der Waals surface area contributed by atoms with E-state index in [-0.39, 0.29) is 5.56 Å². The third kappa shape index (κ3) is 1.91. The number of nitrogens with one attached hydrogen (secondary N) is 1. The number of aromatic nitrogens is 2. The first-order valence-corrected chi connectivity index (χ1v) is 6.04. The first-order chi connectivity index (χ1) is 7.63. The Kier molecular flexibility index (Phi) is 3.13. The van der Waals surface area contributed by atoms with Gasteiger partial charge in [0.25, 0.3) is 5.56 Å². The van der Waals surface area contributed by atoms with Gasteiger partial charge in [0, 0.05) is 0 Å². The Balaban J connectivity index is 2.64. The second-order valence-electron chi connectivity index (χ2n) is 3.42. The Hall–Kier alpha value is -1.11. The molecule has 0 fully saturated rings. The maximum atomic E-state index is 11.7. The molecule has 0 aliphatic carbocycles. The standard InChI is InChI=1S/C11H11IN2O2/c1-3-8-9(12)11(15)14-10(13-8)7-4-5-16-6(7)2/h4-5H,3H2,1-2H3,(H,13,14,15). The highest BCUT2D eigenvalue weighted by Crippen LogP contribution is 2.20. The van der Waals surface area contributed by atoms with Crippen LogP contribution < -0.4 is 5.56 Å². The second-order valence-corrected chi connectivity index (χ2v) is 4.50. The van der Waals surface area contributed by atoms with E-state index in [1.165, 1.54) is 0 Å². The van der Waals surface area contributed by atoms with Gasteiger partial charge < -0.3 is 9.40 Å². The molecule has 2 aromatic rings. The Morgan fingerprint density at radius 2 is 2.31 bits per heavy atom. The summed E-state index contributed by atoms with van der Waals surface area (Å²) >= 11 is 2.02. The molecule has 0 spiro atoms. The van der Waals surface area contributed by atoms with Crippen LogP contribution in [0.1, 0.15) is 18.4 Å². The van der Waals surface area contributed by atoms with E-state index < -0.39 is 0 Å². The second kappa shape index (κ2) is 4.40. The van der Waals surface area contributed by atoms with Crippen molar-refractivity contribution in [2.75, 3.05) is 0 Å². The molecule has 0 amide bonds. The lowest BCUT2D eigenvalue weighted by atomic mass is 10.2. The van der Waals surface area contributed by atoms with Gasteiger partial charge in [-0.15, -0.1) is 0 Å². The van der Waals surface area contributed by atoms with E-state index in [1.807, 2.05) is 36.4 Å². The van der Waals surface area contributed by atoms with Crippen molar-refractivity contribution in [3.05, 3.63) is 37.7 Å². The van der Waals surface area contributed by atoms with Gasteiger partial charge in [-0.25, -0.2) is 4.98 Å². The highest BCUT2D eigenvalue weighted by atomic mass is 127. The zero-order chi connectivity index (χ0) is 11.7. The quantitative estimate of drug-likeness (QED) is 0.861. The van der Waals surface area contributed by atoms with Crippen molar-refractivity contribution in [2.45, 2.75) is 20.3 Å². The summed E-state index contributed by atoms with van der Waals surface area (Å²) in [5.41, 5.74) is 1.56. The van der Waals surface area contributed by atoms with Gasteiger partial charge in [-0.05, 0) is 42.0 Å². The maximum Gasteiger partial charge on any atom is 0.264 e. The van der Waals surface area contributed by atoms with E-state index in [0.29, 0.717) is 9.39 Å². The predicted molar refractivity (Wildman–Crippen MR) is 69.4 cm³/mol. The first-order valence-electron chi connectivity index (χ1n) is 4.96. The zero-order valence-corrected chi connectivity index (χ0v) is 11.2. The van der Waals surface area contributed by atoms with E-state index in [1.54, 1.807) is 12.3 Å². The fourth-order valence-corrected chi connectivity index (χ4v) is 2.13. The topological polar surface area (TPSA) is 58.9 Å². The van der Waals surface area contributed by atoms with Crippen LogP contribution in [0.2, 0.25) is 0 Å². The number of hydrogen-bond donors (Lipinski definition) is 1. The molecule has 0 aromatic carbocycles. The lowest BCUT2D eigenvalue weighted by Crippen LogP contribution is -2.16. The monoisotopic (exact) mass is 330 g/mol. The van der Waals surface area contributed by atoms with Gasteiger partial charge in [-0.1, -0.05) is 6.92 Å². The van der Waals surface area contributed by atoms with Gasteiger partial charge in [0.1, 0.15) is 11.6 Å². The SMILES string of the molecule is CCc1nc(-c2ccoc2C)[nH]c(=O)c1I. The van der Waals surface area contributed by atoms with Gasteiger partial charge in [-0.3, -0.25) is 4.79 Å². The van der Waals surface area contributed by atoms with Gasteiger partial charge in [0.05, 0.1) is 21.1 Å². The van der Waals surface area contributed by atoms with Crippen molar-refractivity contribution in [3.63, 3.8) is 0 Å². The van der Waals surface area contributed by atoms with Crippen LogP contribution in [0, 0.1) is 10.5 Å². The number of aryl methyl sites for hydroxylation is 2. The normalized spacial score (nSPS) is 10.7. The highest BCUT2D eigenvalue weighted by molar-refractivity contribution is 14.1. The third-order valence-corrected chi connectivity index (χ3v) is 3.49. The van der Waals surface area contributed by atoms with Crippen LogP contribution in [-0.2, 0) is 6.42 Å². The van der Waals surface area contributed by atoms with Crippen LogP contribution in [0.15, 0.2) is 21.5 Å². The first kappa shape index (κ1) is 11.4. The minimum absolute atomic E-state index is 0.0944. The van der Waals surface area contributed by atoms with Gasteiger partial charge in [-0.2, -0.15) is 0 Å². The summed E-state index contributed by atoms with van der Waals surface area (Å²) in [6, 6.07) is 1.81. The lowest BCUT2D eigenvalue weighted by molar-refractivity contribution is 0.535. The van der Waals surface area contributed by atoms with Crippen molar-refractivity contribution < 1.29 is 4.42 Å². The fourth-order valence-electron chi connectivity index (χ4n) is 1.50. The molecule has 4 nitrogen and oxygen atoms in total. The number of aromatic amines is 1. The summed E-state index contributed by atoms with van der Waals surface area (Å²) < 4.78 is 5.86. The van der Waals surface area contributed by atoms with Crippen LogP contribution in [0.5, 0.6) is 0 Å². The minimum Gasteiger partial charge on any atom is -0.469 e. The molecule has 16 heavy (non-hydrogen) atoms. The molecular formula is C11H11IN2O2. The average Bonchev–Trinajstić information content (AvgIpc) is 2.68. The van der Waals surface area contributed by atoms with E-state index in [0.717, 1.165) is 23.4 Å². The molecule has 0 aliphatic rings. The van der Waals surface area contributed by atoms with Gasteiger partial charge >= 0.3 is 0 Å². The van der Waals surface area contributed by atoms with Crippen LogP contribution in [0.4, 0.5) is 0 Å². The summed E-state index contributed by atoms with van der Waals surface area (Å²) in [6.07, 6.45) is 2.33. The van der Waals surface area contributed by atoms with E-state index in [4.69, 9.17) is 4.42 Å². The molecule has 0 saturated carbocycles. The molecule has 1 N–H and O–H groups in total. The van der Waals surface area contributed by atoms with E-state index in [2.05, 4.69) is 9.97 Å². The summed E-state index contributed by atoms with van der Waals surface area (Å²) in [7, 11) is 0. The molecule has 0 saturated heterocycles. The molecule has 5 heteroatoms. The Morgan fingerprint density at radius 3 is 2.88 bits per heavy atom. The molecule has 0 aliphatic heterocycles. The Labute approximate surface area is 106 Å². The molecule has 2 rings (SSSR count). The van der Waals surface area contributed by atoms with Crippen molar-refractivity contribution in [1.82, 2.24) is 9.97 Å². The molecule has 0 radical (unpaired) electrons. The Bertz CT molecular complexity index is 572. The molecule has 0 atom stereocenters. The van der Waals surface area contributed by atoms with Gasteiger partial charge in [0.2, 0.25) is 0 Å². The van der Waals surface area contributed by atoms with Gasteiger partial charge in [0.15, 0.2) is 0 Å². The minimum atomic E-state index is -0.0944. The zero-order valence-electron chi connectivity index (χ0n) is 9.00. The lowest BCUT2D eigenvalue weighted by Gasteiger charge is -2.03. The smallest absolute Gasteiger partial charge is 0.264 e. The van der Waals surface area contributed by atoms with E-state index in [9.17, 15) is 4.79 Å². The average molecular weight is 330 g/mol. The number of halogens is 1.